The van der Waals surface area contributed by atoms with Crippen LogP contribution in [0.15, 0.2) is 66.7 Å². The number of carbonyl (C=O) groups is 1. The first kappa shape index (κ1) is 23.6. The molecule has 0 spiro atoms. The van der Waals surface area contributed by atoms with Crippen molar-refractivity contribution < 1.29 is 14.7 Å². The number of anilines is 1. The first-order valence-corrected chi connectivity index (χ1v) is 11.8. The summed E-state index contributed by atoms with van der Waals surface area (Å²) in [6.45, 7) is 2.91. The van der Waals surface area contributed by atoms with Crippen LogP contribution in [0.1, 0.15) is 16.7 Å². The van der Waals surface area contributed by atoms with E-state index in [1.807, 2.05) is 54.6 Å². The quantitative estimate of drug-likeness (QED) is 0.165. The van der Waals surface area contributed by atoms with Gasteiger partial charge in [0.05, 0.1) is 40.5 Å². The molecule has 0 bridgehead atoms. The van der Waals surface area contributed by atoms with Crippen LogP contribution >= 0.6 is 11.6 Å². The number of halogens is 1. The lowest BCUT2D eigenvalue weighted by Gasteiger charge is -2.29. The van der Waals surface area contributed by atoms with Crippen LogP contribution in [-0.2, 0) is 9.53 Å². The van der Waals surface area contributed by atoms with Crippen molar-refractivity contribution in [2.45, 2.75) is 0 Å². The van der Waals surface area contributed by atoms with Gasteiger partial charge in [0.25, 0.3) is 5.91 Å². The maximum Gasteiger partial charge on any atom is 0.267 e. The molecule has 1 aliphatic heterocycles. The number of amides is 1. The normalized spacial score (nSPS) is 13.6. The number of ether oxygens (including phenoxy) is 1. The highest BCUT2D eigenvalue weighted by atomic mass is 35.5. The van der Waals surface area contributed by atoms with E-state index in [1.165, 1.54) is 6.08 Å². The van der Waals surface area contributed by atoms with Crippen LogP contribution in [0.5, 0.6) is 0 Å². The summed E-state index contributed by atoms with van der Waals surface area (Å²) in [5.41, 5.74) is 7.73. The van der Waals surface area contributed by atoms with Gasteiger partial charge in [-0.2, -0.15) is 0 Å². The van der Waals surface area contributed by atoms with Gasteiger partial charge in [0.15, 0.2) is 0 Å². The second kappa shape index (κ2) is 10.7. The molecule has 1 aromatic heterocycles. The Morgan fingerprint density at radius 1 is 1.08 bits per heavy atom. The number of nitrogens with zero attached hydrogens (tertiary/aromatic N) is 2. The first-order chi connectivity index (χ1) is 17.6. The van der Waals surface area contributed by atoms with Crippen molar-refractivity contribution in [1.82, 2.24) is 15.4 Å². The number of hydrogen-bond acceptors (Lipinski definition) is 5. The van der Waals surface area contributed by atoms with Crippen LogP contribution in [-0.4, -0.2) is 47.4 Å². The van der Waals surface area contributed by atoms with Crippen LogP contribution in [0.3, 0.4) is 0 Å². The van der Waals surface area contributed by atoms with Crippen molar-refractivity contribution in [1.29, 1.82) is 0 Å². The number of hydrogen-bond donors (Lipinski definition) is 3. The van der Waals surface area contributed by atoms with E-state index < -0.39 is 5.91 Å². The summed E-state index contributed by atoms with van der Waals surface area (Å²) < 4.78 is 5.55. The summed E-state index contributed by atoms with van der Waals surface area (Å²) in [6.07, 6.45) is 2.88. The minimum absolute atomic E-state index is 0.583. The van der Waals surface area contributed by atoms with E-state index in [9.17, 15) is 4.79 Å². The van der Waals surface area contributed by atoms with E-state index in [4.69, 9.17) is 26.5 Å². The highest BCUT2D eigenvalue weighted by Gasteiger charge is 2.17. The topological polar surface area (TPSA) is 90.5 Å². The van der Waals surface area contributed by atoms with E-state index in [-0.39, 0.29) is 0 Å². The number of imidazole rings is 1. The third-order valence-corrected chi connectivity index (χ3v) is 6.21. The average Bonchev–Trinajstić information content (AvgIpc) is 3.34. The molecule has 3 aromatic carbocycles. The molecule has 180 valence electrons. The van der Waals surface area contributed by atoms with Crippen LogP contribution in [0, 0.1) is 11.8 Å². The zero-order valence-corrected chi connectivity index (χ0v) is 20.0. The van der Waals surface area contributed by atoms with E-state index in [2.05, 4.69) is 27.8 Å². The Bertz CT molecular complexity index is 1490. The minimum Gasteiger partial charge on any atom is -0.378 e. The van der Waals surface area contributed by atoms with E-state index in [0.717, 1.165) is 57.9 Å². The fraction of sp³-hybridized carbons (Fsp3) is 0.143. The first-order valence-electron chi connectivity index (χ1n) is 11.5. The van der Waals surface area contributed by atoms with Gasteiger partial charge in [0, 0.05) is 30.3 Å². The van der Waals surface area contributed by atoms with Crippen LogP contribution in [0.4, 0.5) is 5.69 Å². The highest BCUT2D eigenvalue weighted by molar-refractivity contribution is 6.31. The molecule has 7 nitrogen and oxygen atoms in total. The smallest absolute Gasteiger partial charge is 0.267 e. The van der Waals surface area contributed by atoms with Gasteiger partial charge in [-0.15, -0.1) is 0 Å². The number of rotatable bonds is 4. The number of nitrogens with one attached hydrogen (secondary N) is 2. The van der Waals surface area contributed by atoms with Gasteiger partial charge in [-0.05, 0) is 35.9 Å². The zero-order valence-electron chi connectivity index (χ0n) is 19.3. The summed E-state index contributed by atoms with van der Waals surface area (Å²) >= 11 is 6.32. The summed E-state index contributed by atoms with van der Waals surface area (Å²) in [4.78, 5) is 21.7. The summed E-state index contributed by atoms with van der Waals surface area (Å²) in [5.74, 6) is 6.69. The predicted octanol–water partition coefficient (Wildman–Crippen LogP) is 4.64. The molecule has 5 rings (SSSR count). The number of hydroxylamine groups is 1. The third-order valence-electron chi connectivity index (χ3n) is 5.88. The van der Waals surface area contributed by atoms with Crippen molar-refractivity contribution in [3.8, 4) is 23.2 Å². The predicted molar refractivity (Wildman–Crippen MR) is 141 cm³/mol. The fourth-order valence-electron chi connectivity index (χ4n) is 4.01. The van der Waals surface area contributed by atoms with E-state index >= 15 is 0 Å². The summed E-state index contributed by atoms with van der Waals surface area (Å²) in [5, 5.41) is 9.24. The average molecular weight is 499 g/mol. The summed E-state index contributed by atoms with van der Waals surface area (Å²) in [7, 11) is 0. The zero-order chi connectivity index (χ0) is 24.9. The number of H-pyrrole nitrogens is 1. The molecule has 36 heavy (non-hydrogen) atoms. The Kier molecular flexibility index (Phi) is 7.01. The number of benzene rings is 3. The molecule has 2 heterocycles. The molecule has 1 saturated heterocycles. The Morgan fingerprint density at radius 2 is 1.83 bits per heavy atom. The second-order valence-corrected chi connectivity index (χ2v) is 8.64. The summed E-state index contributed by atoms with van der Waals surface area (Å²) in [6, 6.07) is 19.3. The minimum atomic E-state index is -0.583. The molecule has 3 N–H and O–H groups in total. The molecule has 0 saturated carbocycles. The van der Waals surface area contributed by atoms with Gasteiger partial charge in [-0.25, -0.2) is 10.5 Å². The van der Waals surface area contributed by atoms with Crippen molar-refractivity contribution in [2.24, 2.45) is 0 Å². The molecule has 0 unspecified atom stereocenters. The number of morpholine rings is 1. The molecule has 0 aliphatic carbocycles. The number of fused-ring (bicyclic) bond motifs is 1. The molecule has 1 aliphatic rings. The van der Waals surface area contributed by atoms with Crippen LogP contribution in [0.2, 0.25) is 5.02 Å². The lowest BCUT2D eigenvalue weighted by molar-refractivity contribution is -0.124. The van der Waals surface area contributed by atoms with Crippen molar-refractivity contribution in [2.75, 3.05) is 31.2 Å². The standard InChI is InChI=1S/C28H23ClN4O3/c29-23-4-2-1-3-20(23)10-11-22-17-24-25(18-26(22)33-13-15-36-16-14-33)31-28(30-24)21-8-5-19(6-9-21)7-12-27(34)32-35/h1-9,12,17-18,35H,13-16H2,(H,30,31)(H,32,34)/b12-7+. The molecule has 8 heteroatoms. The largest absolute Gasteiger partial charge is 0.378 e. The van der Waals surface area contributed by atoms with Gasteiger partial charge in [0.1, 0.15) is 5.82 Å². The van der Waals surface area contributed by atoms with E-state index in [1.54, 1.807) is 11.6 Å². The van der Waals surface area contributed by atoms with Crippen LogP contribution in [0.25, 0.3) is 28.5 Å². The lowest BCUT2D eigenvalue weighted by atomic mass is 10.1. The van der Waals surface area contributed by atoms with Crippen molar-refractivity contribution in [3.05, 3.63) is 88.5 Å². The fourth-order valence-corrected chi connectivity index (χ4v) is 4.19. The molecule has 1 amide bonds. The molecule has 0 atom stereocenters. The number of aromatic nitrogens is 2. The van der Waals surface area contributed by atoms with Crippen LogP contribution < -0.4 is 10.4 Å². The Hall–Kier alpha value is -4.09. The molecular formula is C28H23ClN4O3. The highest BCUT2D eigenvalue weighted by Crippen LogP contribution is 2.29. The molecule has 0 radical (unpaired) electrons. The van der Waals surface area contributed by atoms with Gasteiger partial charge < -0.3 is 14.6 Å². The van der Waals surface area contributed by atoms with E-state index in [0.29, 0.717) is 18.2 Å². The van der Waals surface area contributed by atoms with Crippen molar-refractivity contribution >= 4 is 40.3 Å². The monoisotopic (exact) mass is 498 g/mol. The van der Waals surface area contributed by atoms with Gasteiger partial charge in [-0.3, -0.25) is 10.0 Å². The van der Waals surface area contributed by atoms with Crippen molar-refractivity contribution in [3.63, 3.8) is 0 Å². The van der Waals surface area contributed by atoms with Gasteiger partial charge in [0.2, 0.25) is 0 Å². The maximum atomic E-state index is 11.2. The Labute approximate surface area is 213 Å². The molecule has 4 aromatic rings. The second-order valence-electron chi connectivity index (χ2n) is 8.23. The lowest BCUT2D eigenvalue weighted by Crippen LogP contribution is -2.36. The maximum absolute atomic E-state index is 11.2. The number of aromatic amines is 1. The third kappa shape index (κ3) is 5.26. The molecular weight excluding hydrogens is 476 g/mol. The molecule has 1 fully saturated rings. The van der Waals surface area contributed by atoms with Gasteiger partial charge in [-0.1, -0.05) is 59.8 Å². The Morgan fingerprint density at radius 3 is 2.58 bits per heavy atom. The SMILES string of the molecule is O=C(/C=C/c1ccc(-c2nc3cc(N4CCOCC4)c(C#Cc4ccccc4Cl)cc3[nH]2)cc1)NO. The Balaban J connectivity index is 1.51. The number of carbonyl (C=O) groups excluding carboxylic acids is 1. The van der Waals surface area contributed by atoms with Gasteiger partial charge >= 0.3 is 0 Å².